The van der Waals surface area contributed by atoms with Gasteiger partial charge in [-0.25, -0.2) is 0 Å². The Morgan fingerprint density at radius 3 is 2.58 bits per heavy atom. The van der Waals surface area contributed by atoms with Crippen LogP contribution in [0.15, 0.2) is 59.4 Å². The summed E-state index contributed by atoms with van der Waals surface area (Å²) in [5.74, 6) is 0. The zero-order valence-electron chi connectivity index (χ0n) is 15.1. The first-order valence-corrected chi connectivity index (χ1v) is 9.68. The summed E-state index contributed by atoms with van der Waals surface area (Å²) < 4.78 is 5.21. The van der Waals surface area contributed by atoms with Gasteiger partial charge in [0.25, 0.3) is 0 Å². The molecule has 1 aromatic carbocycles. The minimum absolute atomic E-state index is 0.100. The zero-order valence-corrected chi connectivity index (χ0v) is 15.1. The first-order valence-electron chi connectivity index (χ1n) is 9.68. The van der Waals surface area contributed by atoms with Gasteiger partial charge in [0.05, 0.1) is 24.7 Å². The van der Waals surface area contributed by atoms with E-state index in [-0.39, 0.29) is 17.6 Å². The Hall–Kier alpha value is -1.88. The number of hydrogen-bond acceptors (Lipinski definition) is 4. The van der Waals surface area contributed by atoms with Crippen molar-refractivity contribution in [3.8, 4) is 0 Å². The Morgan fingerprint density at radius 1 is 1.08 bits per heavy atom. The molecule has 1 fully saturated rings. The zero-order chi connectivity index (χ0) is 17.6. The predicted octanol–water partition coefficient (Wildman–Crippen LogP) is 3.10. The molecule has 0 radical (unpaired) electrons. The van der Waals surface area contributed by atoms with Crippen molar-refractivity contribution in [2.24, 2.45) is 0 Å². The molecule has 2 aromatic rings. The monoisotopic (exact) mass is 350 g/mol. The van der Waals surface area contributed by atoms with Gasteiger partial charge in [0.1, 0.15) is 0 Å². The van der Waals surface area contributed by atoms with Crippen molar-refractivity contribution in [2.45, 2.75) is 36.9 Å². The van der Waals surface area contributed by atoms with Crippen LogP contribution >= 0.6 is 0 Å². The van der Waals surface area contributed by atoms with Crippen LogP contribution in [0, 0.1) is 0 Å². The Balaban J connectivity index is 1.40. The molecule has 1 aliphatic carbocycles. The molecule has 0 unspecified atom stereocenters. The third-order valence-electron chi connectivity index (χ3n) is 6.66. The largest absolute Gasteiger partial charge is 0.472 e. The number of rotatable bonds is 3. The maximum Gasteiger partial charge on any atom is 0.0947 e. The molecule has 2 aliphatic heterocycles. The van der Waals surface area contributed by atoms with Crippen LogP contribution in [0.5, 0.6) is 0 Å². The molecule has 1 N–H and O–H groups in total. The summed E-state index contributed by atoms with van der Waals surface area (Å²) in [6.07, 6.45) is 9.71. The highest BCUT2D eigenvalue weighted by Crippen LogP contribution is 2.53. The Kier molecular flexibility index (Phi) is 4.00. The van der Waals surface area contributed by atoms with Crippen molar-refractivity contribution in [3.05, 3.63) is 71.7 Å². The van der Waals surface area contributed by atoms with Crippen LogP contribution < -0.4 is 0 Å². The molecule has 0 saturated carbocycles. The molecule has 1 aromatic heterocycles. The summed E-state index contributed by atoms with van der Waals surface area (Å²) in [7, 11) is 0. The summed E-state index contributed by atoms with van der Waals surface area (Å²) in [5, 5.41) is 11.5. The molecule has 4 nitrogen and oxygen atoms in total. The molecule has 1 spiro atoms. The van der Waals surface area contributed by atoms with E-state index in [9.17, 15) is 5.11 Å². The fourth-order valence-corrected chi connectivity index (χ4v) is 5.27. The quantitative estimate of drug-likeness (QED) is 0.864. The second kappa shape index (κ2) is 6.38. The third kappa shape index (κ3) is 2.48. The highest BCUT2D eigenvalue weighted by Gasteiger charge is 2.53. The number of furan rings is 1. The second-order valence-corrected chi connectivity index (χ2v) is 7.97. The van der Waals surface area contributed by atoms with E-state index in [1.54, 1.807) is 6.26 Å². The molecule has 26 heavy (non-hydrogen) atoms. The number of piperidine rings is 1. The van der Waals surface area contributed by atoms with Crippen molar-refractivity contribution in [2.75, 3.05) is 26.2 Å². The summed E-state index contributed by atoms with van der Waals surface area (Å²) in [6, 6.07) is 10.9. The van der Waals surface area contributed by atoms with E-state index < -0.39 is 0 Å². The van der Waals surface area contributed by atoms with Gasteiger partial charge in [-0.05, 0) is 43.1 Å². The SMILES string of the molecule is O[C@H]1[C@H](N2CC=CC2)c2ccccc2C12CCN(Cc1ccoc1)CC2. The summed E-state index contributed by atoms with van der Waals surface area (Å²) in [4.78, 5) is 4.90. The average molecular weight is 350 g/mol. The summed E-state index contributed by atoms with van der Waals surface area (Å²) in [6.45, 7) is 4.85. The molecular weight excluding hydrogens is 324 g/mol. The van der Waals surface area contributed by atoms with Crippen LogP contribution in [0.4, 0.5) is 0 Å². The molecule has 5 rings (SSSR count). The number of likely N-dealkylation sites (tertiary alicyclic amines) is 1. The van der Waals surface area contributed by atoms with Gasteiger partial charge >= 0.3 is 0 Å². The van der Waals surface area contributed by atoms with Gasteiger partial charge in [0, 0.05) is 30.6 Å². The first-order chi connectivity index (χ1) is 12.8. The standard InChI is InChI=1S/C22H26N2O2/c25-21-20(24-10-3-4-11-24)18-5-1-2-6-19(18)22(21)8-12-23(13-9-22)15-17-7-14-26-16-17/h1-7,14,16,20-21,25H,8-13,15H2/t20-,21+/m1/s1. The van der Waals surface area contributed by atoms with E-state index in [0.717, 1.165) is 45.6 Å². The minimum Gasteiger partial charge on any atom is -0.472 e. The molecule has 3 aliphatic rings. The average Bonchev–Trinajstić information content (AvgIpc) is 3.40. The fourth-order valence-electron chi connectivity index (χ4n) is 5.27. The topological polar surface area (TPSA) is 39.9 Å². The van der Waals surface area contributed by atoms with Crippen molar-refractivity contribution >= 4 is 0 Å². The maximum absolute atomic E-state index is 11.5. The Bertz CT molecular complexity index is 782. The Labute approximate surface area is 154 Å². The third-order valence-corrected chi connectivity index (χ3v) is 6.66. The maximum atomic E-state index is 11.5. The first kappa shape index (κ1) is 16.3. The van der Waals surface area contributed by atoms with Gasteiger partial charge in [-0.2, -0.15) is 0 Å². The normalized spacial score (nSPS) is 28.0. The molecule has 3 heterocycles. The lowest BCUT2D eigenvalue weighted by Crippen LogP contribution is -2.49. The lowest BCUT2D eigenvalue weighted by Gasteiger charge is -2.43. The fraction of sp³-hybridized carbons (Fsp3) is 0.455. The van der Waals surface area contributed by atoms with Gasteiger partial charge in [-0.3, -0.25) is 9.80 Å². The molecule has 2 atom stereocenters. The number of aliphatic hydroxyl groups is 1. The smallest absolute Gasteiger partial charge is 0.0947 e. The van der Waals surface area contributed by atoms with Crippen LogP contribution in [0.2, 0.25) is 0 Å². The van der Waals surface area contributed by atoms with Crippen LogP contribution in [0.1, 0.15) is 35.6 Å². The number of aliphatic hydroxyl groups excluding tert-OH is 1. The van der Waals surface area contributed by atoms with Gasteiger partial charge in [0.2, 0.25) is 0 Å². The molecule has 4 heteroatoms. The number of fused-ring (bicyclic) bond motifs is 2. The molecule has 1 saturated heterocycles. The Morgan fingerprint density at radius 2 is 1.85 bits per heavy atom. The van der Waals surface area contributed by atoms with Crippen molar-refractivity contribution in [3.63, 3.8) is 0 Å². The highest BCUT2D eigenvalue weighted by atomic mass is 16.3. The highest BCUT2D eigenvalue weighted by molar-refractivity contribution is 5.45. The van der Waals surface area contributed by atoms with Crippen molar-refractivity contribution in [1.29, 1.82) is 0 Å². The predicted molar refractivity (Wildman–Crippen MR) is 101 cm³/mol. The van der Waals surface area contributed by atoms with Gasteiger partial charge in [-0.1, -0.05) is 36.4 Å². The number of nitrogens with zero attached hydrogens (tertiary/aromatic N) is 2. The molecule has 0 bridgehead atoms. The number of benzene rings is 1. The van der Waals surface area contributed by atoms with Crippen LogP contribution in [0.3, 0.4) is 0 Å². The van der Waals surface area contributed by atoms with E-state index in [4.69, 9.17) is 4.42 Å². The van der Waals surface area contributed by atoms with Crippen LogP contribution in [0.25, 0.3) is 0 Å². The molecule has 0 amide bonds. The van der Waals surface area contributed by atoms with E-state index in [2.05, 4.69) is 46.2 Å². The van der Waals surface area contributed by atoms with Gasteiger partial charge in [0.15, 0.2) is 0 Å². The van der Waals surface area contributed by atoms with E-state index in [1.165, 1.54) is 16.7 Å². The van der Waals surface area contributed by atoms with Crippen molar-refractivity contribution in [1.82, 2.24) is 9.80 Å². The lowest BCUT2D eigenvalue weighted by molar-refractivity contribution is -0.00912. The molecular formula is C22H26N2O2. The van der Waals surface area contributed by atoms with E-state index >= 15 is 0 Å². The lowest BCUT2D eigenvalue weighted by atomic mass is 9.72. The second-order valence-electron chi connectivity index (χ2n) is 7.97. The summed E-state index contributed by atoms with van der Waals surface area (Å²) >= 11 is 0. The van der Waals surface area contributed by atoms with Crippen molar-refractivity contribution < 1.29 is 9.52 Å². The van der Waals surface area contributed by atoms with Crippen LogP contribution in [-0.4, -0.2) is 47.2 Å². The molecule has 136 valence electrons. The van der Waals surface area contributed by atoms with E-state index in [1.807, 2.05) is 12.3 Å². The van der Waals surface area contributed by atoms with Gasteiger partial charge in [-0.15, -0.1) is 0 Å². The van der Waals surface area contributed by atoms with E-state index in [0.29, 0.717) is 0 Å². The van der Waals surface area contributed by atoms with Gasteiger partial charge < -0.3 is 9.52 Å². The minimum atomic E-state index is -0.323. The summed E-state index contributed by atoms with van der Waals surface area (Å²) in [5.41, 5.74) is 3.85. The van der Waals surface area contributed by atoms with Crippen LogP contribution in [-0.2, 0) is 12.0 Å². The number of hydrogen-bond donors (Lipinski definition) is 1.